The third-order valence-corrected chi connectivity index (χ3v) is 4.49. The highest BCUT2D eigenvalue weighted by atomic mass is 79.9. The summed E-state index contributed by atoms with van der Waals surface area (Å²) in [4.78, 5) is 28.4. The fraction of sp³-hybridized carbons (Fsp3) is 0.105. The van der Waals surface area contributed by atoms with Crippen molar-refractivity contribution >= 4 is 44.3 Å². The van der Waals surface area contributed by atoms with Crippen molar-refractivity contribution in [3.05, 3.63) is 70.0 Å². The Labute approximate surface area is 153 Å². The fourth-order valence-corrected chi connectivity index (χ4v) is 3.28. The van der Waals surface area contributed by atoms with E-state index in [1.54, 1.807) is 30.5 Å². The predicted molar refractivity (Wildman–Crippen MR) is 99.9 cm³/mol. The third kappa shape index (κ3) is 3.39. The van der Waals surface area contributed by atoms with Crippen LogP contribution in [0.15, 0.2) is 53.1 Å². The summed E-state index contributed by atoms with van der Waals surface area (Å²) in [6.07, 6.45) is 1.68. The van der Waals surface area contributed by atoms with Crippen LogP contribution in [0.2, 0.25) is 0 Å². The number of aromatic nitrogens is 1. The number of hydrogen-bond acceptors (Lipinski definition) is 4. The molecule has 0 aliphatic rings. The summed E-state index contributed by atoms with van der Waals surface area (Å²) < 4.78 is 5.57. The summed E-state index contributed by atoms with van der Waals surface area (Å²) in [5, 5.41) is 4.54. The highest BCUT2D eigenvalue weighted by molar-refractivity contribution is 9.10. The number of carbonyl (C=O) groups excluding carboxylic acids is 2. The molecule has 5 nitrogen and oxygen atoms in total. The molecule has 25 heavy (non-hydrogen) atoms. The number of hydrogen-bond donors (Lipinski definition) is 1. The molecule has 0 radical (unpaired) electrons. The van der Waals surface area contributed by atoms with E-state index in [2.05, 4.69) is 31.0 Å². The van der Waals surface area contributed by atoms with E-state index >= 15 is 0 Å². The van der Waals surface area contributed by atoms with Crippen LogP contribution in [0.3, 0.4) is 0 Å². The highest BCUT2D eigenvalue weighted by Gasteiger charge is 2.15. The van der Waals surface area contributed by atoms with Gasteiger partial charge < -0.3 is 10.1 Å². The number of anilines is 1. The molecule has 6 heteroatoms. The second-order valence-electron chi connectivity index (χ2n) is 5.48. The van der Waals surface area contributed by atoms with Gasteiger partial charge in [-0.15, -0.1) is 0 Å². The molecule has 1 aromatic heterocycles. The van der Waals surface area contributed by atoms with E-state index in [0.717, 1.165) is 20.8 Å². The summed E-state index contributed by atoms with van der Waals surface area (Å²) >= 11 is 3.52. The SMILES string of the molecule is COC(=O)c1ccc(NC(=O)c2ncc(C)c3c(Br)cccc23)cc1. The summed E-state index contributed by atoms with van der Waals surface area (Å²) in [5.41, 5.74) is 2.33. The monoisotopic (exact) mass is 398 g/mol. The largest absolute Gasteiger partial charge is 0.465 e. The Kier molecular flexibility index (Phi) is 4.81. The Morgan fingerprint density at radius 2 is 1.84 bits per heavy atom. The van der Waals surface area contributed by atoms with E-state index in [4.69, 9.17) is 0 Å². The second kappa shape index (κ2) is 7.03. The van der Waals surface area contributed by atoms with Gasteiger partial charge in [-0.2, -0.15) is 0 Å². The second-order valence-corrected chi connectivity index (χ2v) is 6.33. The number of esters is 1. The molecule has 3 aromatic rings. The van der Waals surface area contributed by atoms with Crippen LogP contribution in [0.5, 0.6) is 0 Å². The van der Waals surface area contributed by atoms with Crippen LogP contribution in [0.1, 0.15) is 26.4 Å². The van der Waals surface area contributed by atoms with Gasteiger partial charge in [0.25, 0.3) is 5.91 Å². The van der Waals surface area contributed by atoms with Gasteiger partial charge in [0.2, 0.25) is 0 Å². The maximum absolute atomic E-state index is 12.6. The molecule has 1 N–H and O–H groups in total. The molecule has 1 heterocycles. The van der Waals surface area contributed by atoms with Gasteiger partial charge in [0.1, 0.15) is 5.69 Å². The normalized spacial score (nSPS) is 10.5. The van der Waals surface area contributed by atoms with E-state index in [1.165, 1.54) is 7.11 Å². The number of rotatable bonds is 3. The van der Waals surface area contributed by atoms with Gasteiger partial charge in [0, 0.05) is 27.1 Å². The van der Waals surface area contributed by atoms with Gasteiger partial charge in [-0.1, -0.05) is 28.1 Å². The first-order chi connectivity index (χ1) is 12.0. The summed E-state index contributed by atoms with van der Waals surface area (Å²) in [5.74, 6) is -0.733. The van der Waals surface area contributed by atoms with Crippen molar-refractivity contribution < 1.29 is 14.3 Å². The Bertz CT molecular complexity index is 960. The van der Waals surface area contributed by atoms with Crippen molar-refractivity contribution in [3.8, 4) is 0 Å². The molecule has 0 unspecified atom stereocenters. The first-order valence-corrected chi connectivity index (χ1v) is 8.34. The summed E-state index contributed by atoms with van der Waals surface area (Å²) in [6, 6.07) is 12.2. The van der Waals surface area contributed by atoms with Crippen molar-refractivity contribution in [2.45, 2.75) is 6.92 Å². The van der Waals surface area contributed by atoms with Crippen molar-refractivity contribution in [2.24, 2.45) is 0 Å². The first kappa shape index (κ1) is 17.1. The third-order valence-electron chi connectivity index (χ3n) is 3.83. The lowest BCUT2D eigenvalue weighted by atomic mass is 10.1. The van der Waals surface area contributed by atoms with Crippen molar-refractivity contribution in [3.63, 3.8) is 0 Å². The van der Waals surface area contributed by atoms with Crippen LogP contribution in [0.4, 0.5) is 5.69 Å². The number of methoxy groups -OCH3 is 1. The maximum Gasteiger partial charge on any atom is 0.337 e. The molecule has 0 atom stereocenters. The van der Waals surface area contributed by atoms with Gasteiger partial charge in [-0.25, -0.2) is 4.79 Å². The molecule has 126 valence electrons. The zero-order valence-corrected chi connectivity index (χ0v) is 15.3. The van der Waals surface area contributed by atoms with Crippen LogP contribution in [-0.2, 0) is 4.74 Å². The number of nitrogens with one attached hydrogen (secondary N) is 1. The summed E-state index contributed by atoms with van der Waals surface area (Å²) in [6.45, 7) is 1.95. The number of pyridine rings is 1. The fourth-order valence-electron chi connectivity index (χ4n) is 2.60. The van der Waals surface area contributed by atoms with Crippen LogP contribution >= 0.6 is 15.9 Å². The number of halogens is 1. The zero-order chi connectivity index (χ0) is 18.0. The number of ether oxygens (including phenoxy) is 1. The molecule has 0 saturated carbocycles. The number of benzene rings is 2. The van der Waals surface area contributed by atoms with Crippen LogP contribution in [0, 0.1) is 6.92 Å². The molecule has 0 saturated heterocycles. The molecule has 0 aliphatic heterocycles. The highest BCUT2D eigenvalue weighted by Crippen LogP contribution is 2.28. The van der Waals surface area contributed by atoms with Gasteiger partial charge in [-0.05, 0) is 42.8 Å². The average molecular weight is 399 g/mol. The topological polar surface area (TPSA) is 68.3 Å². The number of amides is 1. The Morgan fingerprint density at radius 1 is 1.12 bits per heavy atom. The van der Waals surface area contributed by atoms with E-state index in [9.17, 15) is 9.59 Å². The minimum atomic E-state index is -0.422. The zero-order valence-electron chi connectivity index (χ0n) is 13.7. The standard InChI is InChI=1S/C19H15BrN2O3/c1-11-10-21-17(14-4-3-5-15(20)16(11)14)18(23)22-13-8-6-12(7-9-13)19(24)25-2/h3-10H,1-2H3,(H,22,23). The van der Waals surface area contributed by atoms with E-state index in [0.29, 0.717) is 16.9 Å². The van der Waals surface area contributed by atoms with Crippen molar-refractivity contribution in [1.82, 2.24) is 4.98 Å². The minimum Gasteiger partial charge on any atom is -0.465 e. The van der Waals surface area contributed by atoms with Crippen molar-refractivity contribution in [1.29, 1.82) is 0 Å². The van der Waals surface area contributed by atoms with Gasteiger partial charge in [-0.3, -0.25) is 9.78 Å². The Morgan fingerprint density at radius 3 is 2.52 bits per heavy atom. The predicted octanol–water partition coefficient (Wildman–Crippen LogP) is 4.34. The number of nitrogens with zero attached hydrogens (tertiary/aromatic N) is 1. The number of carbonyl (C=O) groups is 2. The Hall–Kier alpha value is -2.73. The number of fused-ring (bicyclic) bond motifs is 1. The van der Waals surface area contributed by atoms with E-state index < -0.39 is 5.97 Å². The minimum absolute atomic E-state index is 0.311. The molecule has 0 aliphatic carbocycles. The van der Waals surface area contributed by atoms with Gasteiger partial charge in [0.15, 0.2) is 0 Å². The van der Waals surface area contributed by atoms with Gasteiger partial charge in [0.05, 0.1) is 12.7 Å². The van der Waals surface area contributed by atoms with Crippen LogP contribution in [0.25, 0.3) is 10.8 Å². The lowest BCUT2D eigenvalue weighted by Crippen LogP contribution is -2.14. The lowest BCUT2D eigenvalue weighted by molar-refractivity contribution is 0.0600. The smallest absolute Gasteiger partial charge is 0.337 e. The van der Waals surface area contributed by atoms with Gasteiger partial charge >= 0.3 is 5.97 Å². The molecule has 3 rings (SSSR count). The molecular weight excluding hydrogens is 384 g/mol. The maximum atomic E-state index is 12.6. The molecular formula is C19H15BrN2O3. The molecule has 2 aromatic carbocycles. The quantitative estimate of drug-likeness (QED) is 0.666. The molecule has 1 amide bonds. The molecule has 0 fully saturated rings. The van der Waals surface area contributed by atoms with E-state index in [1.807, 2.05) is 25.1 Å². The average Bonchev–Trinajstić information content (AvgIpc) is 2.62. The summed E-state index contributed by atoms with van der Waals surface area (Å²) in [7, 11) is 1.32. The number of aryl methyl sites for hydroxylation is 1. The Balaban J connectivity index is 1.92. The lowest BCUT2D eigenvalue weighted by Gasteiger charge is -2.10. The molecule has 0 spiro atoms. The van der Waals surface area contributed by atoms with Crippen molar-refractivity contribution in [2.75, 3.05) is 12.4 Å². The molecule has 0 bridgehead atoms. The van der Waals surface area contributed by atoms with Crippen LogP contribution < -0.4 is 5.32 Å². The first-order valence-electron chi connectivity index (χ1n) is 7.55. The van der Waals surface area contributed by atoms with E-state index in [-0.39, 0.29) is 5.91 Å². The van der Waals surface area contributed by atoms with Crippen LogP contribution in [-0.4, -0.2) is 24.0 Å².